The van der Waals surface area contributed by atoms with Crippen LogP contribution in [0.15, 0.2) is 48.5 Å². The molecule has 0 saturated carbocycles. The van der Waals surface area contributed by atoms with E-state index in [0.717, 1.165) is 43.5 Å². The van der Waals surface area contributed by atoms with Crippen molar-refractivity contribution < 1.29 is 19.4 Å². The number of ether oxygens (including phenoxy) is 2. The second-order valence-corrected chi connectivity index (χ2v) is 8.73. The van der Waals surface area contributed by atoms with Crippen LogP contribution < -0.4 is 9.47 Å². The number of methoxy groups -OCH3 is 2. The maximum Gasteiger partial charge on any atom is 0.254 e. The number of nitrogens with one attached hydrogen (secondary N) is 1. The van der Waals surface area contributed by atoms with Crippen molar-refractivity contribution in [2.75, 3.05) is 27.3 Å². The second-order valence-electron chi connectivity index (χ2n) is 8.73. The summed E-state index contributed by atoms with van der Waals surface area (Å²) >= 11 is 0. The lowest BCUT2D eigenvalue weighted by Crippen LogP contribution is -2.35. The Bertz CT molecular complexity index is 1420. The number of hydrogen-bond donors (Lipinski definition) is 2. The zero-order chi connectivity index (χ0) is 25.1. The molecule has 8 nitrogen and oxygen atoms in total. The number of aromatic hydroxyl groups is 1. The summed E-state index contributed by atoms with van der Waals surface area (Å²) in [6.07, 6.45) is 6.93. The van der Waals surface area contributed by atoms with Crippen molar-refractivity contribution >= 4 is 29.1 Å². The first-order valence-corrected chi connectivity index (χ1v) is 12.0. The number of carbonyl (C=O) groups excluding carboxylic acids is 1. The van der Waals surface area contributed by atoms with Gasteiger partial charge in [-0.25, -0.2) is 4.98 Å². The minimum absolute atomic E-state index is 0.0276. The molecule has 2 aromatic heterocycles. The molecule has 0 bridgehead atoms. The Balaban J connectivity index is 1.60. The van der Waals surface area contributed by atoms with Crippen molar-refractivity contribution in [1.29, 1.82) is 0 Å². The molecule has 5 rings (SSSR count). The number of rotatable bonds is 6. The molecule has 1 amide bonds. The molecule has 0 spiro atoms. The summed E-state index contributed by atoms with van der Waals surface area (Å²) in [5.41, 5.74) is 3.99. The Morgan fingerprint density at radius 2 is 1.78 bits per heavy atom. The molecule has 0 aliphatic carbocycles. The van der Waals surface area contributed by atoms with Crippen molar-refractivity contribution in [3.8, 4) is 28.5 Å². The number of fused-ring (bicyclic) bond motifs is 1. The van der Waals surface area contributed by atoms with Crippen LogP contribution >= 0.6 is 0 Å². The Hall–Kier alpha value is -4.33. The molecule has 36 heavy (non-hydrogen) atoms. The number of pyridine rings is 1. The summed E-state index contributed by atoms with van der Waals surface area (Å²) in [6, 6.07) is 14.2. The van der Waals surface area contributed by atoms with E-state index in [1.165, 1.54) is 0 Å². The number of hydrogen-bond acceptors (Lipinski definition) is 6. The lowest BCUT2D eigenvalue weighted by atomic mass is 10.0. The number of phenols is 1. The maximum atomic E-state index is 13.7. The van der Waals surface area contributed by atoms with Gasteiger partial charge in [-0.05, 0) is 73.9 Å². The minimum atomic E-state index is -0.0276. The average molecular weight is 485 g/mol. The largest absolute Gasteiger partial charge is 0.508 e. The summed E-state index contributed by atoms with van der Waals surface area (Å²) in [6.45, 7) is 1.48. The molecule has 0 atom stereocenters. The Kier molecular flexibility index (Phi) is 6.58. The predicted molar refractivity (Wildman–Crippen MR) is 139 cm³/mol. The van der Waals surface area contributed by atoms with Gasteiger partial charge in [0.15, 0.2) is 5.65 Å². The van der Waals surface area contributed by atoms with E-state index >= 15 is 0 Å². The first kappa shape index (κ1) is 23.4. The molecule has 184 valence electrons. The van der Waals surface area contributed by atoms with Crippen molar-refractivity contribution in [1.82, 2.24) is 20.1 Å². The van der Waals surface area contributed by atoms with Crippen LogP contribution in [0.1, 0.15) is 40.9 Å². The standard InChI is InChI=1S/C28H28N4O4/c1-35-21-12-8-19(25(16-21)36-2)9-13-23-26-22(28(34)32-14-4-3-5-15-32)17-24(29-27(26)31-30-23)18-6-10-20(33)11-7-18/h6-13,16-17,33H,3-5,14-15H2,1-2H3,(H,29,30,31)/b13-9+. The smallest absolute Gasteiger partial charge is 0.254 e. The van der Waals surface area contributed by atoms with E-state index in [-0.39, 0.29) is 11.7 Å². The van der Waals surface area contributed by atoms with E-state index < -0.39 is 0 Å². The number of carbonyl (C=O) groups is 1. The highest BCUT2D eigenvalue weighted by molar-refractivity contribution is 6.09. The van der Waals surface area contributed by atoms with Gasteiger partial charge in [0.1, 0.15) is 17.2 Å². The minimum Gasteiger partial charge on any atom is -0.508 e. The van der Waals surface area contributed by atoms with Gasteiger partial charge in [0.05, 0.1) is 36.6 Å². The van der Waals surface area contributed by atoms with E-state index in [1.807, 2.05) is 41.3 Å². The average Bonchev–Trinajstić information content (AvgIpc) is 3.34. The maximum absolute atomic E-state index is 13.7. The summed E-state index contributed by atoms with van der Waals surface area (Å²) in [7, 11) is 3.23. The SMILES string of the molecule is COc1ccc(/C=C/c2[nH]nc3nc(-c4ccc(O)cc4)cc(C(=O)N4CCCCC4)c23)c(OC)c1. The topological polar surface area (TPSA) is 101 Å². The van der Waals surface area contributed by atoms with Crippen LogP contribution in [0.5, 0.6) is 17.2 Å². The van der Waals surface area contributed by atoms with Gasteiger partial charge in [-0.1, -0.05) is 0 Å². The van der Waals surface area contributed by atoms with Crippen LogP contribution in [0.3, 0.4) is 0 Å². The summed E-state index contributed by atoms with van der Waals surface area (Å²) in [4.78, 5) is 20.3. The van der Waals surface area contributed by atoms with E-state index in [0.29, 0.717) is 39.5 Å². The molecule has 1 aliphatic rings. The molecule has 3 heterocycles. The lowest BCUT2D eigenvalue weighted by molar-refractivity contribution is 0.0726. The molecular weight excluding hydrogens is 456 g/mol. The van der Waals surface area contributed by atoms with Crippen LogP contribution in [0.2, 0.25) is 0 Å². The Morgan fingerprint density at radius 1 is 1.00 bits per heavy atom. The van der Waals surface area contributed by atoms with Gasteiger partial charge in [0.25, 0.3) is 5.91 Å². The lowest BCUT2D eigenvalue weighted by Gasteiger charge is -2.27. The van der Waals surface area contributed by atoms with Gasteiger partial charge >= 0.3 is 0 Å². The highest BCUT2D eigenvalue weighted by atomic mass is 16.5. The summed E-state index contributed by atoms with van der Waals surface area (Å²) in [5, 5.41) is 17.9. The number of likely N-dealkylation sites (tertiary alicyclic amines) is 1. The second kappa shape index (κ2) is 10.1. The molecule has 1 fully saturated rings. The van der Waals surface area contributed by atoms with E-state index in [4.69, 9.17) is 14.5 Å². The number of aromatic nitrogens is 3. The fraction of sp³-hybridized carbons (Fsp3) is 0.250. The van der Waals surface area contributed by atoms with Crippen LogP contribution in [0.4, 0.5) is 0 Å². The monoisotopic (exact) mass is 484 g/mol. The first-order valence-electron chi connectivity index (χ1n) is 12.0. The predicted octanol–water partition coefficient (Wildman–Crippen LogP) is 5.14. The molecule has 2 N–H and O–H groups in total. The highest BCUT2D eigenvalue weighted by Crippen LogP contribution is 2.31. The number of amides is 1. The number of nitrogens with zero attached hydrogens (tertiary/aromatic N) is 3. The molecule has 0 unspecified atom stereocenters. The van der Waals surface area contributed by atoms with Crippen LogP contribution in [0.25, 0.3) is 34.4 Å². The van der Waals surface area contributed by atoms with Crippen LogP contribution in [0, 0.1) is 0 Å². The summed E-state index contributed by atoms with van der Waals surface area (Å²) in [5.74, 6) is 1.52. The zero-order valence-electron chi connectivity index (χ0n) is 20.3. The van der Waals surface area contributed by atoms with E-state index in [9.17, 15) is 9.90 Å². The zero-order valence-corrected chi connectivity index (χ0v) is 20.3. The van der Waals surface area contributed by atoms with Gasteiger partial charge in [0.2, 0.25) is 0 Å². The van der Waals surface area contributed by atoms with Crippen molar-refractivity contribution in [2.24, 2.45) is 0 Å². The van der Waals surface area contributed by atoms with Crippen molar-refractivity contribution in [3.63, 3.8) is 0 Å². The third-order valence-electron chi connectivity index (χ3n) is 6.46. The van der Waals surface area contributed by atoms with Gasteiger partial charge in [-0.3, -0.25) is 9.89 Å². The molecule has 1 saturated heterocycles. The highest BCUT2D eigenvalue weighted by Gasteiger charge is 2.24. The third-order valence-corrected chi connectivity index (χ3v) is 6.46. The van der Waals surface area contributed by atoms with Crippen molar-refractivity contribution in [2.45, 2.75) is 19.3 Å². The number of benzene rings is 2. The van der Waals surface area contributed by atoms with Gasteiger partial charge < -0.3 is 19.5 Å². The Morgan fingerprint density at radius 3 is 2.50 bits per heavy atom. The van der Waals surface area contributed by atoms with Gasteiger partial charge in [-0.15, -0.1) is 0 Å². The Labute approximate surface area is 209 Å². The summed E-state index contributed by atoms with van der Waals surface area (Å²) < 4.78 is 10.8. The third kappa shape index (κ3) is 4.62. The first-order chi connectivity index (χ1) is 17.6. The molecule has 1 aliphatic heterocycles. The molecule has 4 aromatic rings. The quantitative estimate of drug-likeness (QED) is 0.393. The number of piperidine rings is 1. The normalized spacial score (nSPS) is 13.9. The number of phenolic OH excluding ortho intramolecular Hbond substituents is 1. The van der Waals surface area contributed by atoms with E-state index in [2.05, 4.69) is 10.2 Å². The molecule has 8 heteroatoms. The van der Waals surface area contributed by atoms with Crippen LogP contribution in [-0.2, 0) is 0 Å². The van der Waals surface area contributed by atoms with Crippen LogP contribution in [-0.4, -0.2) is 58.4 Å². The molecule has 2 aromatic carbocycles. The fourth-order valence-corrected chi connectivity index (χ4v) is 4.51. The molecular formula is C28H28N4O4. The number of H-pyrrole nitrogens is 1. The van der Waals surface area contributed by atoms with Gasteiger partial charge in [-0.2, -0.15) is 5.10 Å². The number of aromatic amines is 1. The fourth-order valence-electron chi connectivity index (χ4n) is 4.51. The molecule has 0 radical (unpaired) electrons. The van der Waals surface area contributed by atoms with Crippen molar-refractivity contribution in [3.05, 3.63) is 65.4 Å². The van der Waals surface area contributed by atoms with Gasteiger partial charge in [0, 0.05) is 30.3 Å². The van der Waals surface area contributed by atoms with E-state index in [1.54, 1.807) is 38.5 Å².